The van der Waals surface area contributed by atoms with Gasteiger partial charge in [-0.2, -0.15) is 15.4 Å². The number of hydrogen-bond acceptors (Lipinski definition) is 5. The lowest BCUT2D eigenvalue weighted by Gasteiger charge is -2.21. The van der Waals surface area contributed by atoms with Crippen LogP contribution in [0.1, 0.15) is 22.5 Å². The monoisotopic (exact) mass is 428 g/mol. The van der Waals surface area contributed by atoms with Gasteiger partial charge >= 0.3 is 5.97 Å². The molecule has 1 aromatic heterocycles. The Bertz CT molecular complexity index is 993. The fourth-order valence-electron chi connectivity index (χ4n) is 3.15. The van der Waals surface area contributed by atoms with Crippen LogP contribution in [0, 0.1) is 5.92 Å². The number of hydrogen-bond donors (Lipinski definition) is 4. The molecule has 2 atom stereocenters. The minimum absolute atomic E-state index is 0.0749. The van der Waals surface area contributed by atoms with Crippen molar-refractivity contribution in [2.24, 2.45) is 5.92 Å². The van der Waals surface area contributed by atoms with Crippen LogP contribution >= 0.6 is 11.6 Å². The summed E-state index contributed by atoms with van der Waals surface area (Å²) in [4.78, 5) is 23.7. The first-order valence-corrected chi connectivity index (χ1v) is 9.69. The smallest absolute Gasteiger partial charge is 0.308 e. The van der Waals surface area contributed by atoms with E-state index in [4.69, 9.17) is 11.6 Å². The highest BCUT2D eigenvalue weighted by atomic mass is 35.5. The van der Waals surface area contributed by atoms with Crippen molar-refractivity contribution in [3.63, 3.8) is 0 Å². The lowest BCUT2D eigenvalue weighted by Crippen LogP contribution is -2.40. The van der Waals surface area contributed by atoms with Gasteiger partial charge in [-0.15, -0.1) is 0 Å². The Kier molecular flexibility index (Phi) is 7.16. The van der Waals surface area contributed by atoms with Crippen LogP contribution in [-0.2, 0) is 11.2 Å². The van der Waals surface area contributed by atoms with E-state index in [1.54, 1.807) is 0 Å². The predicted molar refractivity (Wildman–Crippen MR) is 111 cm³/mol. The number of aliphatic carboxylic acids is 1. The summed E-state index contributed by atoms with van der Waals surface area (Å²) < 4.78 is 0. The van der Waals surface area contributed by atoms with Crippen LogP contribution in [-0.4, -0.2) is 50.1 Å². The topological polar surface area (TPSA) is 128 Å². The number of carbonyl (C=O) groups excluding carboxylic acids is 1. The summed E-state index contributed by atoms with van der Waals surface area (Å²) in [5.74, 6) is -2.57. The molecule has 1 amide bonds. The third-order valence-electron chi connectivity index (χ3n) is 4.72. The highest BCUT2D eigenvalue weighted by Crippen LogP contribution is 2.23. The van der Waals surface area contributed by atoms with Gasteiger partial charge in [0.1, 0.15) is 0 Å². The molecule has 0 aliphatic carbocycles. The van der Waals surface area contributed by atoms with Gasteiger partial charge in [-0.1, -0.05) is 48.0 Å². The first-order valence-electron chi connectivity index (χ1n) is 9.31. The van der Waals surface area contributed by atoms with Gasteiger partial charge in [0.25, 0.3) is 5.91 Å². The average Bonchev–Trinajstić information content (AvgIpc) is 3.27. The number of carboxylic acids is 1. The van der Waals surface area contributed by atoms with E-state index in [1.165, 1.54) is 6.20 Å². The molecule has 0 aliphatic heterocycles. The van der Waals surface area contributed by atoms with Crippen molar-refractivity contribution in [1.82, 2.24) is 20.7 Å². The molecular weight excluding hydrogens is 408 g/mol. The Morgan fingerprint density at radius 3 is 2.50 bits per heavy atom. The predicted octanol–water partition coefficient (Wildman–Crippen LogP) is 2.55. The van der Waals surface area contributed by atoms with Crippen LogP contribution in [0.25, 0.3) is 11.1 Å². The number of carboxylic acid groups (broad SMARTS) is 1. The van der Waals surface area contributed by atoms with Gasteiger partial charge in [-0.05, 0) is 41.7 Å². The number of nitrogens with zero attached hydrogens (tertiary/aromatic N) is 2. The van der Waals surface area contributed by atoms with E-state index in [0.717, 1.165) is 16.7 Å². The Balaban J connectivity index is 1.75. The quantitative estimate of drug-likeness (QED) is 0.414. The summed E-state index contributed by atoms with van der Waals surface area (Å²) in [6.07, 6.45) is 1.75. The summed E-state index contributed by atoms with van der Waals surface area (Å²) in [7, 11) is 0. The van der Waals surface area contributed by atoms with E-state index < -0.39 is 30.4 Å². The molecule has 156 valence electrons. The van der Waals surface area contributed by atoms with Gasteiger partial charge in [0, 0.05) is 11.1 Å². The van der Waals surface area contributed by atoms with Gasteiger partial charge in [-0.3, -0.25) is 9.59 Å². The average molecular weight is 429 g/mol. The minimum Gasteiger partial charge on any atom is -0.481 e. The zero-order chi connectivity index (χ0) is 21.5. The summed E-state index contributed by atoms with van der Waals surface area (Å²) >= 11 is 6.05. The molecule has 0 radical (unpaired) electrons. The molecule has 30 heavy (non-hydrogen) atoms. The summed E-state index contributed by atoms with van der Waals surface area (Å²) in [6, 6.07) is 14.7. The molecule has 2 unspecified atom stereocenters. The highest BCUT2D eigenvalue weighted by molar-refractivity contribution is 6.30. The molecule has 0 fully saturated rings. The number of halogens is 1. The molecule has 0 saturated carbocycles. The standard InChI is InChI=1S/C21H21ClN4O4/c22-17-3-1-2-15(9-17)14-6-4-13(5-7-14)8-18(10-16(12-27)21(29)30)24-20(28)19-11-23-26-25-19/h1-7,9,11,16,18,27H,8,10,12H2,(H,24,28)(H,29,30)(H,23,25,26). The number of aromatic nitrogens is 3. The van der Waals surface area contributed by atoms with Gasteiger partial charge in [0.05, 0.1) is 18.7 Å². The summed E-state index contributed by atoms with van der Waals surface area (Å²) in [6.45, 7) is -0.515. The molecule has 2 aromatic carbocycles. The van der Waals surface area contributed by atoms with E-state index in [9.17, 15) is 19.8 Å². The van der Waals surface area contributed by atoms with Crippen molar-refractivity contribution < 1.29 is 19.8 Å². The van der Waals surface area contributed by atoms with Crippen LogP contribution in [0.4, 0.5) is 0 Å². The molecule has 0 aliphatic rings. The second-order valence-corrected chi connectivity index (χ2v) is 7.33. The van der Waals surface area contributed by atoms with Crippen molar-refractivity contribution >= 4 is 23.5 Å². The Morgan fingerprint density at radius 2 is 1.90 bits per heavy atom. The highest BCUT2D eigenvalue weighted by Gasteiger charge is 2.24. The van der Waals surface area contributed by atoms with Crippen LogP contribution in [0.2, 0.25) is 5.02 Å². The fourth-order valence-corrected chi connectivity index (χ4v) is 3.34. The lowest BCUT2D eigenvalue weighted by atomic mass is 9.94. The Morgan fingerprint density at radius 1 is 1.13 bits per heavy atom. The van der Waals surface area contributed by atoms with E-state index in [-0.39, 0.29) is 12.1 Å². The van der Waals surface area contributed by atoms with Gasteiger partial charge in [0.15, 0.2) is 5.69 Å². The van der Waals surface area contributed by atoms with E-state index in [0.29, 0.717) is 11.4 Å². The number of nitrogens with one attached hydrogen (secondary N) is 2. The van der Waals surface area contributed by atoms with Gasteiger partial charge in [-0.25, -0.2) is 0 Å². The molecule has 4 N–H and O–H groups in total. The third-order valence-corrected chi connectivity index (χ3v) is 4.95. The van der Waals surface area contributed by atoms with E-state index >= 15 is 0 Å². The second-order valence-electron chi connectivity index (χ2n) is 6.89. The summed E-state index contributed by atoms with van der Waals surface area (Å²) in [5.41, 5.74) is 2.99. The van der Waals surface area contributed by atoms with Crippen molar-refractivity contribution in [3.05, 3.63) is 71.0 Å². The minimum atomic E-state index is -1.12. The SMILES string of the molecule is O=C(NC(Cc1ccc(-c2cccc(Cl)c2)cc1)CC(CO)C(=O)O)c1cn[nH]n1. The third kappa shape index (κ3) is 5.65. The van der Waals surface area contributed by atoms with Gasteiger partial charge < -0.3 is 15.5 Å². The fraction of sp³-hybridized carbons (Fsp3) is 0.238. The number of rotatable bonds is 9. The molecule has 1 heterocycles. The molecular formula is C21H21ClN4O4. The first-order chi connectivity index (χ1) is 14.5. The number of benzene rings is 2. The number of amides is 1. The largest absolute Gasteiger partial charge is 0.481 e. The number of aromatic amines is 1. The molecule has 3 rings (SSSR count). The number of aliphatic hydroxyl groups is 1. The first kappa shape index (κ1) is 21.5. The molecule has 3 aromatic rings. The van der Waals surface area contributed by atoms with Crippen LogP contribution in [0.15, 0.2) is 54.7 Å². The van der Waals surface area contributed by atoms with Gasteiger partial charge in [0.2, 0.25) is 0 Å². The molecule has 0 saturated heterocycles. The Labute approximate surface area is 177 Å². The Hall–Kier alpha value is -3.23. The second kappa shape index (κ2) is 10.00. The maximum atomic E-state index is 12.4. The van der Waals surface area contributed by atoms with E-state index in [2.05, 4.69) is 20.7 Å². The van der Waals surface area contributed by atoms with Crippen molar-refractivity contribution in [2.45, 2.75) is 18.9 Å². The summed E-state index contributed by atoms with van der Waals surface area (Å²) in [5, 5.41) is 31.8. The maximum Gasteiger partial charge on any atom is 0.308 e. The van der Waals surface area contributed by atoms with Crippen molar-refractivity contribution in [3.8, 4) is 11.1 Å². The van der Waals surface area contributed by atoms with E-state index in [1.807, 2.05) is 48.5 Å². The maximum absolute atomic E-state index is 12.4. The molecule has 0 bridgehead atoms. The zero-order valence-corrected chi connectivity index (χ0v) is 16.7. The molecule has 9 heteroatoms. The number of H-pyrrole nitrogens is 1. The van der Waals surface area contributed by atoms with Crippen molar-refractivity contribution in [2.75, 3.05) is 6.61 Å². The lowest BCUT2D eigenvalue weighted by molar-refractivity contribution is -0.143. The molecule has 0 spiro atoms. The number of carbonyl (C=O) groups is 2. The normalized spacial score (nSPS) is 12.9. The van der Waals surface area contributed by atoms with Crippen LogP contribution < -0.4 is 5.32 Å². The number of aliphatic hydroxyl groups excluding tert-OH is 1. The zero-order valence-electron chi connectivity index (χ0n) is 16.0. The van der Waals surface area contributed by atoms with Crippen LogP contribution in [0.5, 0.6) is 0 Å². The van der Waals surface area contributed by atoms with Crippen LogP contribution in [0.3, 0.4) is 0 Å². The van der Waals surface area contributed by atoms with Crippen molar-refractivity contribution in [1.29, 1.82) is 0 Å². The molecule has 8 nitrogen and oxygen atoms in total.